The van der Waals surface area contributed by atoms with E-state index in [1.165, 1.54) is 0 Å². The van der Waals surface area contributed by atoms with E-state index in [0.29, 0.717) is 42.8 Å². The Labute approximate surface area is 173 Å². The number of aromatic nitrogens is 1. The fraction of sp³-hybridized carbons (Fsp3) is 0.450. The molecular formula is C20H25N3O5S. The van der Waals surface area contributed by atoms with Crippen molar-refractivity contribution in [2.24, 2.45) is 0 Å². The number of hydrogen-bond donors (Lipinski definition) is 1. The Bertz CT molecular complexity index is 881. The van der Waals surface area contributed by atoms with Crippen molar-refractivity contribution in [3.63, 3.8) is 0 Å². The zero-order valence-corrected chi connectivity index (χ0v) is 17.8. The average molecular weight is 420 g/mol. The SMILES string of the molecule is COc1ccc(-c2nc(N3CCN(C(=O)OC(C)(C)C)CC3)sc2C(=O)O)cc1. The van der Waals surface area contributed by atoms with E-state index in [-0.39, 0.29) is 11.0 Å². The molecule has 0 unspecified atom stereocenters. The molecule has 0 bridgehead atoms. The molecule has 0 radical (unpaired) electrons. The number of carbonyl (C=O) groups is 2. The van der Waals surface area contributed by atoms with Crippen LogP contribution in [0.25, 0.3) is 11.3 Å². The second kappa shape index (κ2) is 8.28. The number of anilines is 1. The minimum atomic E-state index is -1.01. The largest absolute Gasteiger partial charge is 0.497 e. The lowest BCUT2D eigenvalue weighted by atomic mass is 10.1. The molecule has 1 saturated heterocycles. The number of amides is 1. The van der Waals surface area contributed by atoms with E-state index in [2.05, 4.69) is 4.98 Å². The van der Waals surface area contributed by atoms with E-state index in [9.17, 15) is 14.7 Å². The maximum absolute atomic E-state index is 12.2. The average Bonchev–Trinajstić information content (AvgIpc) is 3.12. The summed E-state index contributed by atoms with van der Waals surface area (Å²) in [6.45, 7) is 7.63. The molecule has 1 fully saturated rings. The van der Waals surface area contributed by atoms with Gasteiger partial charge >= 0.3 is 12.1 Å². The fourth-order valence-electron chi connectivity index (χ4n) is 2.94. The third-order valence-electron chi connectivity index (χ3n) is 4.38. The minimum Gasteiger partial charge on any atom is -0.497 e. The van der Waals surface area contributed by atoms with Gasteiger partial charge < -0.3 is 24.4 Å². The number of nitrogens with zero attached hydrogens (tertiary/aromatic N) is 3. The van der Waals surface area contributed by atoms with Gasteiger partial charge in [0.25, 0.3) is 0 Å². The molecule has 0 aliphatic carbocycles. The Balaban J connectivity index is 1.75. The van der Waals surface area contributed by atoms with E-state index in [4.69, 9.17) is 9.47 Å². The van der Waals surface area contributed by atoms with E-state index < -0.39 is 11.6 Å². The second-order valence-corrected chi connectivity index (χ2v) is 8.64. The Kier molecular flexibility index (Phi) is 5.97. The number of methoxy groups -OCH3 is 1. The van der Waals surface area contributed by atoms with E-state index >= 15 is 0 Å². The highest BCUT2D eigenvalue weighted by Crippen LogP contribution is 2.34. The van der Waals surface area contributed by atoms with Gasteiger partial charge in [-0.2, -0.15) is 0 Å². The molecule has 1 aliphatic heterocycles. The van der Waals surface area contributed by atoms with Crippen LogP contribution in [-0.2, 0) is 4.74 Å². The minimum absolute atomic E-state index is 0.194. The molecule has 2 aromatic rings. The first-order valence-electron chi connectivity index (χ1n) is 9.29. The molecule has 9 heteroatoms. The van der Waals surface area contributed by atoms with Crippen LogP contribution in [0.3, 0.4) is 0 Å². The zero-order valence-electron chi connectivity index (χ0n) is 17.0. The summed E-state index contributed by atoms with van der Waals surface area (Å²) >= 11 is 1.15. The smallest absolute Gasteiger partial charge is 0.410 e. The van der Waals surface area contributed by atoms with Crippen molar-refractivity contribution in [2.45, 2.75) is 26.4 Å². The van der Waals surface area contributed by atoms with Crippen LogP contribution in [0.1, 0.15) is 30.4 Å². The maximum atomic E-state index is 12.2. The van der Waals surface area contributed by atoms with Crippen LogP contribution in [0, 0.1) is 0 Å². The number of benzene rings is 1. The van der Waals surface area contributed by atoms with Crippen LogP contribution < -0.4 is 9.64 Å². The number of piperazine rings is 1. The Morgan fingerprint density at radius 2 is 1.72 bits per heavy atom. The van der Waals surface area contributed by atoms with E-state index in [1.54, 1.807) is 36.3 Å². The predicted octanol–water partition coefficient (Wildman–Crippen LogP) is 3.57. The van der Waals surface area contributed by atoms with Gasteiger partial charge in [0.1, 0.15) is 16.2 Å². The molecule has 0 saturated carbocycles. The van der Waals surface area contributed by atoms with Gasteiger partial charge in [0.2, 0.25) is 0 Å². The number of carboxylic acids is 1. The lowest BCUT2D eigenvalue weighted by molar-refractivity contribution is 0.0240. The molecular weight excluding hydrogens is 394 g/mol. The summed E-state index contributed by atoms with van der Waals surface area (Å²) in [5.74, 6) is -0.314. The van der Waals surface area contributed by atoms with Crippen molar-refractivity contribution < 1.29 is 24.2 Å². The second-order valence-electron chi connectivity index (χ2n) is 7.66. The molecule has 2 heterocycles. The summed E-state index contributed by atoms with van der Waals surface area (Å²) < 4.78 is 10.6. The monoisotopic (exact) mass is 419 g/mol. The van der Waals surface area contributed by atoms with Crippen LogP contribution in [0.5, 0.6) is 5.75 Å². The van der Waals surface area contributed by atoms with Crippen LogP contribution in [0.4, 0.5) is 9.93 Å². The lowest BCUT2D eigenvalue weighted by Gasteiger charge is -2.35. The van der Waals surface area contributed by atoms with Gasteiger partial charge in [0.15, 0.2) is 5.13 Å². The van der Waals surface area contributed by atoms with Gasteiger partial charge in [0.05, 0.1) is 12.8 Å². The van der Waals surface area contributed by atoms with Crippen molar-refractivity contribution in [1.82, 2.24) is 9.88 Å². The third kappa shape index (κ3) is 4.97. The Morgan fingerprint density at radius 1 is 1.10 bits per heavy atom. The zero-order chi connectivity index (χ0) is 21.2. The van der Waals surface area contributed by atoms with Gasteiger partial charge in [-0.05, 0) is 45.0 Å². The van der Waals surface area contributed by atoms with Crippen molar-refractivity contribution in [2.75, 3.05) is 38.2 Å². The lowest BCUT2D eigenvalue weighted by Crippen LogP contribution is -2.50. The first-order chi connectivity index (χ1) is 13.7. The molecule has 1 aliphatic rings. The predicted molar refractivity (Wildman–Crippen MR) is 111 cm³/mol. The summed E-state index contributed by atoms with van der Waals surface area (Å²) in [5.41, 5.74) is 0.625. The molecule has 1 aromatic carbocycles. The first kappa shape index (κ1) is 20.9. The van der Waals surface area contributed by atoms with Gasteiger partial charge in [-0.3, -0.25) is 0 Å². The molecule has 156 valence electrons. The number of aromatic carboxylic acids is 1. The number of rotatable bonds is 4. The van der Waals surface area contributed by atoms with Crippen LogP contribution >= 0.6 is 11.3 Å². The number of carbonyl (C=O) groups excluding carboxylic acids is 1. The quantitative estimate of drug-likeness (QED) is 0.810. The number of carboxylic acid groups (broad SMARTS) is 1. The Hall–Kier alpha value is -2.81. The van der Waals surface area contributed by atoms with Gasteiger partial charge in [-0.1, -0.05) is 11.3 Å². The maximum Gasteiger partial charge on any atom is 0.410 e. The van der Waals surface area contributed by atoms with E-state index in [0.717, 1.165) is 16.9 Å². The van der Waals surface area contributed by atoms with Gasteiger partial charge in [0, 0.05) is 31.7 Å². The molecule has 29 heavy (non-hydrogen) atoms. The van der Waals surface area contributed by atoms with Crippen molar-refractivity contribution in [3.8, 4) is 17.0 Å². The highest BCUT2D eigenvalue weighted by atomic mass is 32.1. The normalized spacial score (nSPS) is 14.6. The fourth-order valence-corrected chi connectivity index (χ4v) is 3.92. The van der Waals surface area contributed by atoms with Crippen LogP contribution in [0.15, 0.2) is 24.3 Å². The van der Waals surface area contributed by atoms with Crippen LogP contribution in [0.2, 0.25) is 0 Å². The summed E-state index contributed by atoms with van der Waals surface area (Å²) in [6.07, 6.45) is -0.332. The van der Waals surface area contributed by atoms with Crippen LogP contribution in [-0.4, -0.2) is 65.9 Å². The van der Waals surface area contributed by atoms with Crippen molar-refractivity contribution in [1.29, 1.82) is 0 Å². The molecule has 0 atom stereocenters. The standard InChI is InChI=1S/C20H25N3O5S/c1-20(2,3)28-19(26)23-11-9-22(10-12-23)18-21-15(16(29-18)17(24)25)13-5-7-14(27-4)8-6-13/h5-8H,9-12H2,1-4H3,(H,24,25). The molecule has 0 spiro atoms. The summed E-state index contributed by atoms with van der Waals surface area (Å²) in [6, 6.07) is 7.15. The van der Waals surface area contributed by atoms with E-state index in [1.807, 2.05) is 25.7 Å². The van der Waals surface area contributed by atoms with Gasteiger partial charge in [-0.25, -0.2) is 14.6 Å². The number of hydrogen-bond acceptors (Lipinski definition) is 7. The first-order valence-corrected chi connectivity index (χ1v) is 10.1. The molecule has 8 nitrogen and oxygen atoms in total. The highest BCUT2D eigenvalue weighted by molar-refractivity contribution is 7.17. The summed E-state index contributed by atoms with van der Waals surface area (Å²) in [5, 5.41) is 10.3. The third-order valence-corrected chi connectivity index (χ3v) is 5.48. The highest BCUT2D eigenvalue weighted by Gasteiger charge is 2.28. The molecule has 1 amide bonds. The molecule has 3 rings (SSSR count). The van der Waals surface area contributed by atoms with Crippen molar-refractivity contribution >= 4 is 28.5 Å². The summed E-state index contributed by atoms with van der Waals surface area (Å²) in [4.78, 5) is 32.4. The summed E-state index contributed by atoms with van der Waals surface area (Å²) in [7, 11) is 1.58. The molecule has 1 N–H and O–H groups in total. The number of ether oxygens (including phenoxy) is 2. The number of thiazole rings is 1. The Morgan fingerprint density at radius 3 is 2.24 bits per heavy atom. The molecule has 1 aromatic heterocycles. The van der Waals surface area contributed by atoms with Crippen molar-refractivity contribution in [3.05, 3.63) is 29.1 Å². The van der Waals surface area contributed by atoms with Gasteiger partial charge in [-0.15, -0.1) is 0 Å². The topological polar surface area (TPSA) is 92.2 Å².